The fourth-order valence-electron chi connectivity index (χ4n) is 3.17. The van der Waals surface area contributed by atoms with Crippen LogP contribution in [0.25, 0.3) is 0 Å². The maximum absolute atomic E-state index is 11.9. The second-order valence-electron chi connectivity index (χ2n) is 5.65. The minimum atomic E-state index is -0.0177. The maximum atomic E-state index is 11.9. The van der Waals surface area contributed by atoms with Crippen molar-refractivity contribution in [2.24, 2.45) is 5.92 Å². The molecule has 2 fully saturated rings. The largest absolute Gasteiger partial charge is 0.462 e. The Morgan fingerprint density at radius 3 is 2.78 bits per heavy atom. The second kappa shape index (κ2) is 7.13. The second-order valence-corrected chi connectivity index (χ2v) is 5.65. The van der Waals surface area contributed by atoms with E-state index in [0.717, 1.165) is 38.7 Å². The number of ether oxygens (including phenoxy) is 2. The highest BCUT2D eigenvalue weighted by Gasteiger charge is 2.27. The first-order valence-corrected chi connectivity index (χ1v) is 7.60. The predicted molar refractivity (Wildman–Crippen MR) is 70.3 cm³/mol. The molecule has 104 valence electrons. The molecule has 0 radical (unpaired) electrons. The lowest BCUT2D eigenvalue weighted by molar-refractivity contribution is -0.154. The molecule has 3 heteroatoms. The van der Waals surface area contributed by atoms with E-state index in [1.165, 1.54) is 19.3 Å². The van der Waals surface area contributed by atoms with Crippen molar-refractivity contribution in [3.05, 3.63) is 0 Å². The number of carbonyl (C=O) groups excluding carboxylic acids is 1. The third-order valence-electron chi connectivity index (χ3n) is 4.34. The van der Waals surface area contributed by atoms with Gasteiger partial charge in [0.2, 0.25) is 0 Å². The molecule has 2 aliphatic rings. The summed E-state index contributed by atoms with van der Waals surface area (Å²) >= 11 is 0. The van der Waals surface area contributed by atoms with Crippen LogP contribution in [0.15, 0.2) is 0 Å². The van der Waals surface area contributed by atoms with Gasteiger partial charge >= 0.3 is 5.97 Å². The van der Waals surface area contributed by atoms with E-state index in [-0.39, 0.29) is 12.1 Å². The van der Waals surface area contributed by atoms with Crippen molar-refractivity contribution in [1.82, 2.24) is 0 Å². The van der Waals surface area contributed by atoms with Crippen molar-refractivity contribution in [3.63, 3.8) is 0 Å². The average molecular weight is 254 g/mol. The molecule has 0 spiro atoms. The molecular weight excluding hydrogens is 228 g/mol. The lowest BCUT2D eigenvalue weighted by Crippen LogP contribution is -2.30. The van der Waals surface area contributed by atoms with E-state index in [2.05, 4.69) is 6.92 Å². The Hall–Kier alpha value is -0.570. The molecule has 3 atom stereocenters. The van der Waals surface area contributed by atoms with Crippen molar-refractivity contribution < 1.29 is 14.3 Å². The highest BCUT2D eigenvalue weighted by molar-refractivity contribution is 5.69. The zero-order valence-electron chi connectivity index (χ0n) is 11.5. The van der Waals surface area contributed by atoms with Crippen LogP contribution >= 0.6 is 0 Å². The molecule has 0 amide bonds. The van der Waals surface area contributed by atoms with Gasteiger partial charge in [-0.15, -0.1) is 0 Å². The average Bonchev–Trinajstić information content (AvgIpc) is 2.90. The van der Waals surface area contributed by atoms with E-state index in [1.807, 2.05) is 0 Å². The molecule has 1 saturated carbocycles. The summed E-state index contributed by atoms with van der Waals surface area (Å²) in [6.07, 6.45) is 10.00. The van der Waals surface area contributed by atoms with Gasteiger partial charge in [-0.05, 0) is 50.9 Å². The van der Waals surface area contributed by atoms with Crippen LogP contribution in [-0.2, 0) is 14.3 Å². The normalized spacial score (nSPS) is 32.4. The van der Waals surface area contributed by atoms with Gasteiger partial charge in [0.05, 0.1) is 6.10 Å². The van der Waals surface area contributed by atoms with Crippen molar-refractivity contribution in [2.45, 2.75) is 76.9 Å². The van der Waals surface area contributed by atoms with Gasteiger partial charge in [-0.1, -0.05) is 13.3 Å². The number of rotatable bonds is 5. The van der Waals surface area contributed by atoms with E-state index in [4.69, 9.17) is 9.47 Å². The topological polar surface area (TPSA) is 35.5 Å². The third-order valence-corrected chi connectivity index (χ3v) is 4.34. The molecule has 0 aromatic rings. The summed E-state index contributed by atoms with van der Waals surface area (Å²) in [7, 11) is 0. The zero-order valence-corrected chi connectivity index (χ0v) is 11.5. The molecule has 3 nitrogen and oxygen atoms in total. The van der Waals surface area contributed by atoms with Gasteiger partial charge in [0.25, 0.3) is 0 Å². The molecule has 1 aliphatic carbocycles. The predicted octanol–water partition coefficient (Wildman–Crippen LogP) is 3.46. The van der Waals surface area contributed by atoms with Crippen LogP contribution in [0.5, 0.6) is 0 Å². The monoisotopic (exact) mass is 254 g/mol. The van der Waals surface area contributed by atoms with Crippen LogP contribution in [-0.4, -0.2) is 24.8 Å². The lowest BCUT2D eigenvalue weighted by Gasteiger charge is -2.30. The first kappa shape index (κ1) is 13.9. The molecule has 0 bridgehead atoms. The Morgan fingerprint density at radius 1 is 1.22 bits per heavy atom. The molecule has 2 rings (SSSR count). The number of hydrogen-bond donors (Lipinski definition) is 0. The summed E-state index contributed by atoms with van der Waals surface area (Å²) in [6.45, 7) is 3.06. The van der Waals surface area contributed by atoms with Crippen LogP contribution in [0, 0.1) is 5.92 Å². The van der Waals surface area contributed by atoms with Crippen LogP contribution in [0.4, 0.5) is 0 Å². The Morgan fingerprint density at radius 2 is 2.06 bits per heavy atom. The van der Waals surface area contributed by atoms with Gasteiger partial charge < -0.3 is 9.47 Å². The van der Waals surface area contributed by atoms with E-state index in [9.17, 15) is 4.79 Å². The summed E-state index contributed by atoms with van der Waals surface area (Å²) < 4.78 is 11.2. The van der Waals surface area contributed by atoms with Gasteiger partial charge in [-0.3, -0.25) is 4.79 Å². The SMILES string of the molecule is CC[C@@H]1CCCC[C@H]1OC(=O)CC[C@H]1CCCO1. The van der Waals surface area contributed by atoms with Crippen molar-refractivity contribution in [1.29, 1.82) is 0 Å². The summed E-state index contributed by atoms with van der Waals surface area (Å²) in [4.78, 5) is 11.9. The van der Waals surface area contributed by atoms with Crippen molar-refractivity contribution >= 4 is 5.97 Å². The number of esters is 1. The lowest BCUT2D eigenvalue weighted by atomic mass is 9.85. The maximum Gasteiger partial charge on any atom is 0.306 e. The van der Waals surface area contributed by atoms with E-state index < -0.39 is 0 Å². The number of carbonyl (C=O) groups is 1. The Labute approximate surface area is 110 Å². The fourth-order valence-corrected chi connectivity index (χ4v) is 3.17. The Bertz CT molecular complexity index is 258. The van der Waals surface area contributed by atoms with E-state index >= 15 is 0 Å². The van der Waals surface area contributed by atoms with Gasteiger partial charge in [-0.25, -0.2) is 0 Å². The quantitative estimate of drug-likeness (QED) is 0.705. The van der Waals surface area contributed by atoms with Gasteiger partial charge in [0, 0.05) is 13.0 Å². The Kier molecular flexibility index (Phi) is 5.48. The van der Waals surface area contributed by atoms with Crippen molar-refractivity contribution in [3.8, 4) is 0 Å². The summed E-state index contributed by atoms with van der Waals surface area (Å²) in [5.74, 6) is 0.571. The van der Waals surface area contributed by atoms with Crippen LogP contribution in [0.1, 0.15) is 64.7 Å². The molecular formula is C15H26O3. The zero-order chi connectivity index (χ0) is 12.8. The first-order valence-electron chi connectivity index (χ1n) is 7.60. The summed E-state index contributed by atoms with van der Waals surface area (Å²) in [5, 5.41) is 0. The van der Waals surface area contributed by atoms with Gasteiger partial charge in [0.15, 0.2) is 0 Å². The fraction of sp³-hybridized carbons (Fsp3) is 0.933. The summed E-state index contributed by atoms with van der Waals surface area (Å²) in [6, 6.07) is 0. The first-order chi connectivity index (χ1) is 8.79. The highest BCUT2D eigenvalue weighted by atomic mass is 16.5. The standard InChI is InChI=1S/C15H26O3/c1-2-12-6-3-4-8-14(12)18-15(16)10-9-13-7-5-11-17-13/h12-14H,2-11H2,1H3/t12-,13-,14-/m1/s1. The molecule has 1 saturated heterocycles. The number of hydrogen-bond acceptors (Lipinski definition) is 3. The molecule has 1 heterocycles. The third kappa shape index (κ3) is 3.98. The molecule has 18 heavy (non-hydrogen) atoms. The Balaban J connectivity index is 1.68. The van der Waals surface area contributed by atoms with Crippen LogP contribution in [0.3, 0.4) is 0 Å². The van der Waals surface area contributed by atoms with Gasteiger partial charge in [-0.2, -0.15) is 0 Å². The molecule has 0 unspecified atom stereocenters. The van der Waals surface area contributed by atoms with Crippen molar-refractivity contribution in [2.75, 3.05) is 6.61 Å². The molecule has 0 N–H and O–H groups in total. The molecule has 1 aliphatic heterocycles. The smallest absolute Gasteiger partial charge is 0.306 e. The van der Waals surface area contributed by atoms with Crippen LogP contribution in [0.2, 0.25) is 0 Å². The van der Waals surface area contributed by atoms with Crippen LogP contribution < -0.4 is 0 Å². The molecule has 0 aromatic carbocycles. The minimum absolute atomic E-state index is 0.0177. The van der Waals surface area contributed by atoms with E-state index in [1.54, 1.807) is 0 Å². The van der Waals surface area contributed by atoms with Gasteiger partial charge in [0.1, 0.15) is 6.10 Å². The minimum Gasteiger partial charge on any atom is -0.462 e. The highest BCUT2D eigenvalue weighted by Crippen LogP contribution is 2.29. The summed E-state index contributed by atoms with van der Waals surface area (Å²) in [5.41, 5.74) is 0. The van der Waals surface area contributed by atoms with E-state index in [0.29, 0.717) is 18.4 Å². The molecule has 0 aromatic heterocycles.